The molecule has 0 aromatic carbocycles. The topological polar surface area (TPSA) is 21.3 Å². The van der Waals surface area contributed by atoms with Gasteiger partial charge in [0.15, 0.2) is 0 Å². The SMILES string of the molecule is CCCCOCCC(CCC)NC. The molecule has 0 aliphatic carbocycles. The molecule has 13 heavy (non-hydrogen) atoms. The minimum atomic E-state index is 0.645. The lowest BCUT2D eigenvalue weighted by Crippen LogP contribution is -2.26. The van der Waals surface area contributed by atoms with E-state index in [2.05, 4.69) is 19.2 Å². The molecule has 0 rings (SSSR count). The summed E-state index contributed by atoms with van der Waals surface area (Å²) in [6.45, 7) is 6.25. The molecule has 1 N–H and O–H groups in total. The van der Waals surface area contributed by atoms with Gasteiger partial charge in [0.2, 0.25) is 0 Å². The second-order valence-electron chi connectivity index (χ2n) is 3.53. The van der Waals surface area contributed by atoms with E-state index in [1.54, 1.807) is 0 Å². The second kappa shape index (κ2) is 10.0. The van der Waals surface area contributed by atoms with Crippen molar-refractivity contribution >= 4 is 0 Å². The Kier molecular flexibility index (Phi) is 9.94. The van der Waals surface area contributed by atoms with Crippen LogP contribution in [0.4, 0.5) is 0 Å². The van der Waals surface area contributed by atoms with Crippen LogP contribution in [0.25, 0.3) is 0 Å². The first kappa shape index (κ1) is 12.9. The fourth-order valence-electron chi connectivity index (χ4n) is 1.36. The van der Waals surface area contributed by atoms with Gasteiger partial charge in [-0.15, -0.1) is 0 Å². The average molecular weight is 187 g/mol. The largest absolute Gasteiger partial charge is 0.381 e. The van der Waals surface area contributed by atoms with Crippen molar-refractivity contribution in [3.8, 4) is 0 Å². The van der Waals surface area contributed by atoms with Crippen molar-refractivity contribution in [1.29, 1.82) is 0 Å². The molecule has 80 valence electrons. The van der Waals surface area contributed by atoms with Crippen LogP contribution in [-0.4, -0.2) is 26.3 Å². The molecule has 0 aliphatic heterocycles. The standard InChI is InChI=1S/C11H25NO/c1-4-6-9-13-10-8-11(12-3)7-5-2/h11-12H,4-10H2,1-3H3. The molecule has 0 saturated heterocycles. The van der Waals surface area contributed by atoms with Crippen LogP contribution >= 0.6 is 0 Å². The molecular weight excluding hydrogens is 162 g/mol. The van der Waals surface area contributed by atoms with Gasteiger partial charge in [0.1, 0.15) is 0 Å². The zero-order chi connectivity index (χ0) is 9.94. The molecule has 0 saturated carbocycles. The van der Waals surface area contributed by atoms with Crippen LogP contribution in [0.3, 0.4) is 0 Å². The zero-order valence-electron chi connectivity index (χ0n) is 9.44. The molecule has 0 heterocycles. The van der Waals surface area contributed by atoms with E-state index in [0.717, 1.165) is 19.6 Å². The Labute approximate surface area is 83.1 Å². The third-order valence-corrected chi connectivity index (χ3v) is 2.30. The van der Waals surface area contributed by atoms with Gasteiger partial charge in [-0.2, -0.15) is 0 Å². The van der Waals surface area contributed by atoms with E-state index in [4.69, 9.17) is 4.74 Å². The van der Waals surface area contributed by atoms with Crippen molar-refractivity contribution < 1.29 is 4.74 Å². The predicted octanol–water partition coefficient (Wildman–Crippen LogP) is 2.58. The molecule has 0 fully saturated rings. The number of hydrogen-bond acceptors (Lipinski definition) is 2. The Morgan fingerprint density at radius 3 is 2.38 bits per heavy atom. The Hall–Kier alpha value is -0.0800. The van der Waals surface area contributed by atoms with Crippen LogP contribution in [0.1, 0.15) is 46.0 Å². The Morgan fingerprint density at radius 2 is 1.85 bits per heavy atom. The number of unbranched alkanes of at least 4 members (excludes halogenated alkanes) is 1. The van der Waals surface area contributed by atoms with E-state index in [1.165, 1.54) is 25.7 Å². The smallest absolute Gasteiger partial charge is 0.0480 e. The molecule has 0 amide bonds. The van der Waals surface area contributed by atoms with Crippen molar-refractivity contribution in [1.82, 2.24) is 5.32 Å². The first-order valence-electron chi connectivity index (χ1n) is 5.60. The Balaban J connectivity index is 3.17. The van der Waals surface area contributed by atoms with Crippen LogP contribution in [0, 0.1) is 0 Å². The van der Waals surface area contributed by atoms with Gasteiger partial charge >= 0.3 is 0 Å². The quantitative estimate of drug-likeness (QED) is 0.560. The maximum absolute atomic E-state index is 5.51. The molecule has 2 heteroatoms. The molecule has 0 aromatic rings. The predicted molar refractivity (Wildman–Crippen MR) is 58.1 cm³/mol. The number of ether oxygens (including phenoxy) is 1. The minimum Gasteiger partial charge on any atom is -0.381 e. The molecule has 0 aliphatic rings. The fourth-order valence-corrected chi connectivity index (χ4v) is 1.36. The van der Waals surface area contributed by atoms with Gasteiger partial charge in [-0.25, -0.2) is 0 Å². The summed E-state index contributed by atoms with van der Waals surface area (Å²) in [6, 6.07) is 0.645. The van der Waals surface area contributed by atoms with Gasteiger partial charge in [-0.1, -0.05) is 26.7 Å². The van der Waals surface area contributed by atoms with Gasteiger partial charge in [0.05, 0.1) is 0 Å². The van der Waals surface area contributed by atoms with Gasteiger partial charge in [-0.3, -0.25) is 0 Å². The van der Waals surface area contributed by atoms with E-state index < -0.39 is 0 Å². The van der Waals surface area contributed by atoms with E-state index in [9.17, 15) is 0 Å². The van der Waals surface area contributed by atoms with Crippen LogP contribution in [0.2, 0.25) is 0 Å². The maximum atomic E-state index is 5.51. The summed E-state index contributed by atoms with van der Waals surface area (Å²) < 4.78 is 5.51. The maximum Gasteiger partial charge on any atom is 0.0480 e. The van der Waals surface area contributed by atoms with Crippen LogP contribution in [0.5, 0.6) is 0 Å². The highest BCUT2D eigenvalue weighted by atomic mass is 16.5. The van der Waals surface area contributed by atoms with Gasteiger partial charge in [0.25, 0.3) is 0 Å². The molecule has 2 nitrogen and oxygen atoms in total. The summed E-state index contributed by atoms with van der Waals surface area (Å²) in [7, 11) is 2.03. The highest BCUT2D eigenvalue weighted by Crippen LogP contribution is 2.01. The fraction of sp³-hybridized carbons (Fsp3) is 1.00. The van der Waals surface area contributed by atoms with Gasteiger partial charge in [-0.05, 0) is 26.3 Å². The Morgan fingerprint density at radius 1 is 1.08 bits per heavy atom. The number of rotatable bonds is 9. The average Bonchev–Trinajstić information content (AvgIpc) is 2.16. The molecule has 0 spiro atoms. The van der Waals surface area contributed by atoms with Crippen LogP contribution in [0.15, 0.2) is 0 Å². The normalized spacial score (nSPS) is 13.2. The van der Waals surface area contributed by atoms with Crippen molar-refractivity contribution in [3.63, 3.8) is 0 Å². The third-order valence-electron chi connectivity index (χ3n) is 2.30. The lowest BCUT2D eigenvalue weighted by molar-refractivity contribution is 0.121. The van der Waals surface area contributed by atoms with Gasteiger partial charge < -0.3 is 10.1 Å². The highest BCUT2D eigenvalue weighted by Gasteiger charge is 2.03. The summed E-state index contributed by atoms with van der Waals surface area (Å²) in [5.41, 5.74) is 0. The van der Waals surface area contributed by atoms with E-state index in [1.807, 2.05) is 7.05 Å². The molecular formula is C11H25NO. The number of hydrogen-bond donors (Lipinski definition) is 1. The van der Waals surface area contributed by atoms with E-state index in [-0.39, 0.29) is 0 Å². The van der Waals surface area contributed by atoms with Crippen LogP contribution < -0.4 is 5.32 Å². The summed E-state index contributed by atoms with van der Waals surface area (Å²) in [4.78, 5) is 0. The van der Waals surface area contributed by atoms with Crippen LogP contribution in [-0.2, 0) is 4.74 Å². The zero-order valence-corrected chi connectivity index (χ0v) is 9.44. The Bertz CT molecular complexity index is 96.1. The van der Waals surface area contributed by atoms with Crippen molar-refractivity contribution in [2.75, 3.05) is 20.3 Å². The number of nitrogens with one attached hydrogen (secondary N) is 1. The van der Waals surface area contributed by atoms with E-state index >= 15 is 0 Å². The molecule has 0 bridgehead atoms. The highest BCUT2D eigenvalue weighted by molar-refractivity contribution is 4.62. The molecule has 1 atom stereocenters. The second-order valence-corrected chi connectivity index (χ2v) is 3.53. The van der Waals surface area contributed by atoms with E-state index in [0.29, 0.717) is 6.04 Å². The summed E-state index contributed by atoms with van der Waals surface area (Å²) in [5.74, 6) is 0. The lowest BCUT2D eigenvalue weighted by atomic mass is 10.1. The molecule has 0 radical (unpaired) electrons. The van der Waals surface area contributed by atoms with Gasteiger partial charge in [0, 0.05) is 19.3 Å². The third kappa shape index (κ3) is 8.26. The summed E-state index contributed by atoms with van der Waals surface area (Å²) in [5, 5.41) is 3.31. The lowest BCUT2D eigenvalue weighted by Gasteiger charge is -2.14. The molecule has 1 unspecified atom stereocenters. The molecule has 0 aromatic heterocycles. The van der Waals surface area contributed by atoms with Crippen molar-refractivity contribution in [2.24, 2.45) is 0 Å². The first-order valence-corrected chi connectivity index (χ1v) is 5.60. The van der Waals surface area contributed by atoms with Crippen molar-refractivity contribution in [3.05, 3.63) is 0 Å². The monoisotopic (exact) mass is 187 g/mol. The van der Waals surface area contributed by atoms with Crippen molar-refractivity contribution in [2.45, 2.75) is 52.0 Å². The summed E-state index contributed by atoms with van der Waals surface area (Å²) in [6.07, 6.45) is 6.07. The minimum absolute atomic E-state index is 0.645. The first-order chi connectivity index (χ1) is 6.35. The summed E-state index contributed by atoms with van der Waals surface area (Å²) >= 11 is 0.